The van der Waals surface area contributed by atoms with E-state index >= 15 is 0 Å². The van der Waals surface area contributed by atoms with Crippen LogP contribution in [0.2, 0.25) is 10.0 Å². The van der Waals surface area contributed by atoms with Gasteiger partial charge < -0.3 is 9.73 Å². The highest BCUT2D eigenvalue weighted by Crippen LogP contribution is 2.41. The predicted octanol–water partition coefficient (Wildman–Crippen LogP) is 5.56. The maximum atomic E-state index is 6.37. The highest BCUT2D eigenvalue weighted by atomic mass is 79.9. The second kappa shape index (κ2) is 6.04. The van der Waals surface area contributed by atoms with Crippen molar-refractivity contribution in [3.05, 3.63) is 31.9 Å². The van der Waals surface area contributed by atoms with Gasteiger partial charge in [0.05, 0.1) is 16.6 Å². The number of nitrogens with one attached hydrogen (secondary N) is 1. The molecule has 0 unspecified atom stereocenters. The highest BCUT2D eigenvalue weighted by molar-refractivity contribution is 9.10. The molecular formula is C14H16BrCl2NO. The molecule has 0 saturated carbocycles. The van der Waals surface area contributed by atoms with E-state index in [-0.39, 0.29) is 0 Å². The van der Waals surface area contributed by atoms with Gasteiger partial charge in [0, 0.05) is 21.5 Å². The minimum atomic E-state index is 0.399. The Morgan fingerprint density at radius 1 is 1.37 bits per heavy atom. The first-order valence-electron chi connectivity index (χ1n) is 6.26. The van der Waals surface area contributed by atoms with Crippen molar-refractivity contribution in [2.75, 3.05) is 0 Å². The van der Waals surface area contributed by atoms with Crippen LogP contribution in [0, 0.1) is 0 Å². The molecule has 1 aromatic carbocycles. The van der Waals surface area contributed by atoms with Crippen LogP contribution in [0.25, 0.3) is 11.0 Å². The van der Waals surface area contributed by atoms with Crippen LogP contribution < -0.4 is 5.32 Å². The molecule has 0 aliphatic carbocycles. The molecule has 0 bridgehead atoms. The van der Waals surface area contributed by atoms with Gasteiger partial charge in [0.25, 0.3) is 0 Å². The zero-order chi connectivity index (χ0) is 14.2. The van der Waals surface area contributed by atoms with E-state index in [4.69, 9.17) is 27.6 Å². The Morgan fingerprint density at radius 3 is 2.63 bits per heavy atom. The largest absolute Gasteiger partial charge is 0.458 e. The van der Waals surface area contributed by atoms with E-state index in [1.807, 2.05) is 0 Å². The van der Waals surface area contributed by atoms with Gasteiger partial charge in [0.15, 0.2) is 5.58 Å². The number of halogens is 3. The second-order valence-electron chi connectivity index (χ2n) is 4.75. The summed E-state index contributed by atoms with van der Waals surface area (Å²) in [5.74, 6) is 0.910. The third-order valence-corrected chi connectivity index (χ3v) is 4.54. The van der Waals surface area contributed by atoms with E-state index in [0.29, 0.717) is 28.2 Å². The molecule has 1 N–H and O–H groups in total. The number of fused-ring (bicyclic) bond motifs is 1. The first-order valence-corrected chi connectivity index (χ1v) is 7.81. The van der Waals surface area contributed by atoms with Gasteiger partial charge in [-0.15, -0.1) is 0 Å². The van der Waals surface area contributed by atoms with E-state index in [1.54, 1.807) is 6.07 Å². The van der Waals surface area contributed by atoms with Crippen molar-refractivity contribution in [1.29, 1.82) is 0 Å². The number of rotatable bonds is 4. The number of benzene rings is 1. The van der Waals surface area contributed by atoms with Crippen molar-refractivity contribution >= 4 is 50.1 Å². The first-order chi connectivity index (χ1) is 8.95. The Balaban J connectivity index is 2.61. The van der Waals surface area contributed by atoms with Crippen LogP contribution in [0.4, 0.5) is 0 Å². The summed E-state index contributed by atoms with van der Waals surface area (Å²) >= 11 is 16.0. The standard InChI is InChI=1S/C14H16BrCl2NO/c1-4-8-11(6-18-7(2)3)19-14-10(16)5-9(15)13(17)12(8)14/h5,7,18H,4,6H2,1-3H3. The van der Waals surface area contributed by atoms with Crippen LogP contribution in [-0.2, 0) is 13.0 Å². The van der Waals surface area contributed by atoms with E-state index in [9.17, 15) is 0 Å². The van der Waals surface area contributed by atoms with Crippen LogP contribution >= 0.6 is 39.1 Å². The molecular weight excluding hydrogens is 349 g/mol. The maximum absolute atomic E-state index is 6.37. The zero-order valence-electron chi connectivity index (χ0n) is 11.1. The SMILES string of the molecule is CCc1c(CNC(C)C)oc2c(Cl)cc(Br)c(Cl)c12. The van der Waals surface area contributed by atoms with Crippen molar-refractivity contribution in [3.63, 3.8) is 0 Å². The molecule has 0 fully saturated rings. The Morgan fingerprint density at radius 2 is 2.05 bits per heavy atom. The summed E-state index contributed by atoms with van der Waals surface area (Å²) in [4.78, 5) is 0. The van der Waals surface area contributed by atoms with Crippen molar-refractivity contribution in [3.8, 4) is 0 Å². The molecule has 0 saturated heterocycles. The molecule has 2 nitrogen and oxygen atoms in total. The first kappa shape index (κ1) is 15.2. The van der Waals surface area contributed by atoms with Crippen molar-refractivity contribution in [2.24, 2.45) is 0 Å². The molecule has 0 atom stereocenters. The number of hydrogen-bond donors (Lipinski definition) is 1. The molecule has 1 heterocycles. The average molecular weight is 365 g/mol. The van der Waals surface area contributed by atoms with E-state index < -0.39 is 0 Å². The quantitative estimate of drug-likeness (QED) is 0.718. The molecule has 1 aromatic heterocycles. The third-order valence-electron chi connectivity index (χ3n) is 3.01. The number of furan rings is 1. The monoisotopic (exact) mass is 363 g/mol. The van der Waals surface area contributed by atoms with Gasteiger partial charge in [-0.3, -0.25) is 0 Å². The molecule has 0 radical (unpaired) electrons. The number of hydrogen-bond acceptors (Lipinski definition) is 2. The molecule has 0 aliphatic heterocycles. The van der Waals surface area contributed by atoms with Gasteiger partial charge in [-0.25, -0.2) is 0 Å². The van der Waals surface area contributed by atoms with Crippen molar-refractivity contribution in [2.45, 2.75) is 39.8 Å². The summed E-state index contributed by atoms with van der Waals surface area (Å²) in [5.41, 5.74) is 1.80. The Labute approximate surface area is 131 Å². The lowest BCUT2D eigenvalue weighted by Gasteiger charge is -2.07. The van der Waals surface area contributed by atoms with E-state index in [2.05, 4.69) is 42.0 Å². The third kappa shape index (κ3) is 2.94. The molecule has 0 aliphatic rings. The molecule has 5 heteroatoms. The summed E-state index contributed by atoms with van der Waals surface area (Å²) in [5, 5.41) is 5.52. The second-order valence-corrected chi connectivity index (χ2v) is 6.39. The van der Waals surface area contributed by atoms with Crippen LogP contribution in [0.5, 0.6) is 0 Å². The summed E-state index contributed by atoms with van der Waals surface area (Å²) in [6.45, 7) is 6.98. The van der Waals surface area contributed by atoms with Gasteiger partial charge in [0.1, 0.15) is 5.76 Å². The van der Waals surface area contributed by atoms with E-state index in [0.717, 1.165) is 27.6 Å². The lowest BCUT2D eigenvalue weighted by molar-refractivity contribution is 0.484. The van der Waals surface area contributed by atoms with Gasteiger partial charge in [-0.2, -0.15) is 0 Å². The molecule has 104 valence electrons. The summed E-state index contributed by atoms with van der Waals surface area (Å²) in [6, 6.07) is 2.17. The van der Waals surface area contributed by atoms with Gasteiger partial charge >= 0.3 is 0 Å². The average Bonchev–Trinajstić information content (AvgIpc) is 2.72. The summed E-state index contributed by atoms with van der Waals surface area (Å²) < 4.78 is 6.70. The van der Waals surface area contributed by atoms with Gasteiger partial charge in [0.2, 0.25) is 0 Å². The topological polar surface area (TPSA) is 25.2 Å². The van der Waals surface area contributed by atoms with E-state index in [1.165, 1.54) is 0 Å². The summed E-state index contributed by atoms with van der Waals surface area (Å²) in [7, 11) is 0. The smallest absolute Gasteiger partial charge is 0.154 e. The summed E-state index contributed by atoms with van der Waals surface area (Å²) in [6.07, 6.45) is 0.856. The highest BCUT2D eigenvalue weighted by Gasteiger charge is 2.19. The maximum Gasteiger partial charge on any atom is 0.154 e. The molecule has 0 spiro atoms. The number of aryl methyl sites for hydroxylation is 1. The van der Waals surface area contributed by atoms with Gasteiger partial charge in [-0.05, 0) is 28.4 Å². The Hall–Kier alpha value is -0.220. The minimum absolute atomic E-state index is 0.399. The van der Waals surface area contributed by atoms with Crippen LogP contribution in [0.3, 0.4) is 0 Å². The van der Waals surface area contributed by atoms with Crippen LogP contribution in [0.15, 0.2) is 15.0 Å². The van der Waals surface area contributed by atoms with Crippen molar-refractivity contribution in [1.82, 2.24) is 5.32 Å². The van der Waals surface area contributed by atoms with Crippen LogP contribution in [-0.4, -0.2) is 6.04 Å². The lowest BCUT2D eigenvalue weighted by Crippen LogP contribution is -2.22. The Kier molecular flexibility index (Phi) is 4.83. The lowest BCUT2D eigenvalue weighted by atomic mass is 10.1. The normalized spacial score (nSPS) is 11.7. The van der Waals surface area contributed by atoms with Crippen molar-refractivity contribution < 1.29 is 4.42 Å². The minimum Gasteiger partial charge on any atom is -0.458 e. The van der Waals surface area contributed by atoms with Crippen LogP contribution in [0.1, 0.15) is 32.1 Å². The molecule has 0 amide bonds. The fourth-order valence-corrected chi connectivity index (χ4v) is 3.14. The molecule has 19 heavy (non-hydrogen) atoms. The predicted molar refractivity (Wildman–Crippen MR) is 85.3 cm³/mol. The fourth-order valence-electron chi connectivity index (χ4n) is 2.09. The molecule has 2 rings (SSSR count). The van der Waals surface area contributed by atoms with Gasteiger partial charge in [-0.1, -0.05) is 44.0 Å². The Bertz CT molecular complexity index is 607. The zero-order valence-corrected chi connectivity index (χ0v) is 14.2. The fraction of sp³-hybridized carbons (Fsp3) is 0.429. The molecule has 2 aromatic rings.